The third kappa shape index (κ3) is 3.03. The Labute approximate surface area is 127 Å². The van der Waals surface area contributed by atoms with Crippen LogP contribution in [0.2, 0.25) is 0 Å². The smallest absolute Gasteiger partial charge is 0.244 e. The largest absolute Gasteiger partial charge is 0.363 e. The van der Waals surface area contributed by atoms with Gasteiger partial charge in [-0.1, -0.05) is 20.3 Å². The van der Waals surface area contributed by atoms with Gasteiger partial charge in [0, 0.05) is 37.6 Å². The van der Waals surface area contributed by atoms with Crippen molar-refractivity contribution in [1.82, 2.24) is 14.6 Å². The molecule has 0 radical (unpaired) electrons. The van der Waals surface area contributed by atoms with Crippen molar-refractivity contribution in [3.63, 3.8) is 0 Å². The lowest BCUT2D eigenvalue weighted by Crippen LogP contribution is -2.29. The van der Waals surface area contributed by atoms with Gasteiger partial charge in [0.05, 0.1) is 4.90 Å². The molecule has 1 saturated heterocycles. The van der Waals surface area contributed by atoms with Crippen LogP contribution in [-0.2, 0) is 16.6 Å². The summed E-state index contributed by atoms with van der Waals surface area (Å²) in [6, 6.07) is 2.14. The molecule has 2 aliphatic rings. The van der Waals surface area contributed by atoms with E-state index in [2.05, 4.69) is 24.1 Å². The van der Waals surface area contributed by atoms with Crippen LogP contribution in [-0.4, -0.2) is 36.8 Å². The topological polar surface area (TPSA) is 65.2 Å². The second-order valence-electron chi connectivity index (χ2n) is 6.67. The van der Waals surface area contributed by atoms with Crippen molar-refractivity contribution in [2.24, 2.45) is 11.8 Å². The van der Waals surface area contributed by atoms with Crippen molar-refractivity contribution in [2.75, 3.05) is 13.1 Å². The van der Waals surface area contributed by atoms with Gasteiger partial charge in [-0.25, -0.2) is 8.42 Å². The minimum Gasteiger partial charge on any atom is -0.363 e. The van der Waals surface area contributed by atoms with Crippen molar-refractivity contribution < 1.29 is 8.42 Å². The van der Waals surface area contributed by atoms with Gasteiger partial charge in [-0.15, -0.1) is 0 Å². The molecule has 6 heteroatoms. The number of aromatic amines is 1. The lowest BCUT2D eigenvalue weighted by molar-refractivity contribution is 0.445. The van der Waals surface area contributed by atoms with Crippen LogP contribution in [0.3, 0.4) is 0 Å². The van der Waals surface area contributed by atoms with Gasteiger partial charge in [0.15, 0.2) is 0 Å². The number of fused-ring (bicyclic) bond motifs is 1. The van der Waals surface area contributed by atoms with E-state index in [0.29, 0.717) is 42.4 Å². The van der Waals surface area contributed by atoms with Crippen molar-refractivity contribution >= 4 is 10.0 Å². The zero-order chi connectivity index (χ0) is 15.0. The van der Waals surface area contributed by atoms with E-state index in [1.165, 1.54) is 19.3 Å². The van der Waals surface area contributed by atoms with Gasteiger partial charge in [-0.05, 0) is 30.7 Å². The molecule has 118 valence electrons. The van der Waals surface area contributed by atoms with Crippen LogP contribution >= 0.6 is 0 Å². The summed E-state index contributed by atoms with van der Waals surface area (Å²) in [5, 5.41) is 3.29. The van der Waals surface area contributed by atoms with E-state index in [1.54, 1.807) is 16.6 Å². The minimum absolute atomic E-state index is 0.381. The monoisotopic (exact) mass is 311 g/mol. The van der Waals surface area contributed by atoms with Crippen molar-refractivity contribution in [3.8, 4) is 0 Å². The van der Waals surface area contributed by atoms with Crippen LogP contribution in [0.1, 0.15) is 38.8 Å². The number of hydrogen-bond donors (Lipinski definition) is 2. The first-order chi connectivity index (χ1) is 9.96. The standard InChI is InChI=1S/C15H25N3O2S/c1-11(2)16-7-14-6-15(8-17-14)21(19,20)18-9-12-4-3-5-13(12)10-18/h6,8,11-13,16-17H,3-5,7,9-10H2,1-2H3. The number of nitrogens with zero attached hydrogens (tertiary/aromatic N) is 1. The average Bonchev–Trinajstić information content (AvgIpc) is 3.11. The molecule has 0 aromatic carbocycles. The number of rotatable bonds is 5. The summed E-state index contributed by atoms with van der Waals surface area (Å²) in [5.41, 5.74) is 0.918. The van der Waals surface area contributed by atoms with Gasteiger partial charge in [0.1, 0.15) is 0 Å². The number of H-pyrrole nitrogens is 1. The first kappa shape index (κ1) is 15.1. The molecule has 1 aromatic heterocycles. The Bertz CT molecular complexity index is 582. The molecular weight excluding hydrogens is 286 g/mol. The van der Waals surface area contributed by atoms with E-state index < -0.39 is 10.0 Å². The highest BCUT2D eigenvalue weighted by Crippen LogP contribution is 2.39. The number of hydrogen-bond acceptors (Lipinski definition) is 3. The van der Waals surface area contributed by atoms with Crippen molar-refractivity contribution in [3.05, 3.63) is 18.0 Å². The maximum absolute atomic E-state index is 12.7. The van der Waals surface area contributed by atoms with Gasteiger partial charge in [-0.2, -0.15) is 4.31 Å². The predicted molar refractivity (Wildman–Crippen MR) is 82.4 cm³/mol. The van der Waals surface area contributed by atoms with E-state index in [9.17, 15) is 8.42 Å². The summed E-state index contributed by atoms with van der Waals surface area (Å²) in [5.74, 6) is 1.17. The van der Waals surface area contributed by atoms with Gasteiger partial charge < -0.3 is 10.3 Å². The molecule has 2 fully saturated rings. The quantitative estimate of drug-likeness (QED) is 0.873. The van der Waals surface area contributed by atoms with Crippen LogP contribution in [0.5, 0.6) is 0 Å². The maximum atomic E-state index is 12.7. The summed E-state index contributed by atoms with van der Waals surface area (Å²) >= 11 is 0. The molecule has 1 aliphatic heterocycles. The highest BCUT2D eigenvalue weighted by Gasteiger charge is 2.41. The Morgan fingerprint density at radius 3 is 2.62 bits per heavy atom. The lowest BCUT2D eigenvalue weighted by Gasteiger charge is -2.16. The second-order valence-corrected chi connectivity index (χ2v) is 8.61. The number of aromatic nitrogens is 1. The summed E-state index contributed by atoms with van der Waals surface area (Å²) in [7, 11) is -3.32. The normalized spacial score (nSPS) is 26.6. The molecule has 2 unspecified atom stereocenters. The molecule has 1 aromatic rings. The molecule has 2 N–H and O–H groups in total. The van der Waals surface area contributed by atoms with Crippen LogP contribution in [0, 0.1) is 11.8 Å². The summed E-state index contributed by atoms with van der Waals surface area (Å²) in [4.78, 5) is 3.48. The van der Waals surface area contributed by atoms with Gasteiger partial charge >= 0.3 is 0 Å². The SMILES string of the molecule is CC(C)NCc1cc(S(=O)(=O)N2CC3CCCC3C2)c[nH]1. The predicted octanol–water partition coefficient (Wildman–Crippen LogP) is 1.93. The Balaban J connectivity index is 1.70. The van der Waals surface area contributed by atoms with E-state index in [4.69, 9.17) is 0 Å². The van der Waals surface area contributed by atoms with E-state index in [1.807, 2.05) is 0 Å². The highest BCUT2D eigenvalue weighted by molar-refractivity contribution is 7.89. The molecule has 0 bridgehead atoms. The van der Waals surface area contributed by atoms with Gasteiger partial charge in [0.25, 0.3) is 0 Å². The third-order valence-corrected chi connectivity index (χ3v) is 6.56. The van der Waals surface area contributed by atoms with E-state index in [0.717, 1.165) is 5.69 Å². The fraction of sp³-hybridized carbons (Fsp3) is 0.733. The van der Waals surface area contributed by atoms with Crippen molar-refractivity contribution in [2.45, 2.75) is 50.6 Å². The lowest BCUT2D eigenvalue weighted by atomic mass is 10.0. The van der Waals surface area contributed by atoms with Crippen LogP contribution in [0.15, 0.2) is 17.2 Å². The first-order valence-corrected chi connectivity index (χ1v) is 9.31. The number of nitrogens with one attached hydrogen (secondary N) is 2. The van der Waals surface area contributed by atoms with Gasteiger partial charge in [-0.3, -0.25) is 0 Å². The molecule has 1 saturated carbocycles. The second kappa shape index (κ2) is 5.74. The third-order valence-electron chi connectivity index (χ3n) is 4.75. The van der Waals surface area contributed by atoms with Crippen LogP contribution in [0.4, 0.5) is 0 Å². The molecule has 1 aliphatic carbocycles. The molecule has 21 heavy (non-hydrogen) atoms. The van der Waals surface area contributed by atoms with E-state index >= 15 is 0 Å². The zero-order valence-electron chi connectivity index (χ0n) is 12.8. The highest BCUT2D eigenvalue weighted by atomic mass is 32.2. The Morgan fingerprint density at radius 1 is 1.33 bits per heavy atom. The minimum atomic E-state index is -3.32. The summed E-state index contributed by atoms with van der Waals surface area (Å²) in [6.07, 6.45) is 5.26. The zero-order valence-corrected chi connectivity index (χ0v) is 13.6. The maximum Gasteiger partial charge on any atom is 0.244 e. The number of sulfonamides is 1. The summed E-state index contributed by atoms with van der Waals surface area (Å²) in [6.45, 7) is 6.22. The summed E-state index contributed by atoms with van der Waals surface area (Å²) < 4.78 is 27.1. The molecule has 0 amide bonds. The Kier molecular flexibility index (Phi) is 4.12. The van der Waals surface area contributed by atoms with Crippen LogP contribution < -0.4 is 5.32 Å². The Hall–Kier alpha value is -0.850. The van der Waals surface area contributed by atoms with Gasteiger partial charge in [0.2, 0.25) is 10.0 Å². The van der Waals surface area contributed by atoms with E-state index in [-0.39, 0.29) is 0 Å². The molecular formula is C15H25N3O2S. The fourth-order valence-corrected chi connectivity index (χ4v) is 5.09. The van der Waals surface area contributed by atoms with Crippen LogP contribution in [0.25, 0.3) is 0 Å². The average molecular weight is 311 g/mol. The Morgan fingerprint density at radius 2 is 2.00 bits per heavy atom. The first-order valence-electron chi connectivity index (χ1n) is 7.87. The van der Waals surface area contributed by atoms with Crippen molar-refractivity contribution in [1.29, 1.82) is 0 Å². The molecule has 2 heterocycles. The molecule has 2 atom stereocenters. The molecule has 3 rings (SSSR count). The molecule has 0 spiro atoms. The fourth-order valence-electron chi connectivity index (χ4n) is 3.52. The molecule has 5 nitrogen and oxygen atoms in total.